The molecule has 0 fully saturated rings. The predicted octanol–water partition coefficient (Wildman–Crippen LogP) is 2.44. The van der Waals surface area contributed by atoms with Crippen LogP contribution < -0.4 is 10.2 Å². The SMILES string of the molecule is CCNC(=O)c1ccc(N2Cc3cnc(C(C)(C)C)nc3C2)nc1. The zero-order chi connectivity index (χ0) is 17.3. The van der Waals surface area contributed by atoms with Crippen molar-refractivity contribution in [2.24, 2.45) is 0 Å². The first-order chi connectivity index (χ1) is 11.4. The maximum atomic E-state index is 11.8. The molecule has 2 aromatic heterocycles. The van der Waals surface area contributed by atoms with Gasteiger partial charge >= 0.3 is 0 Å². The Morgan fingerprint density at radius 3 is 2.62 bits per heavy atom. The van der Waals surface area contributed by atoms with E-state index < -0.39 is 0 Å². The van der Waals surface area contributed by atoms with Gasteiger partial charge in [0.05, 0.1) is 17.8 Å². The lowest BCUT2D eigenvalue weighted by molar-refractivity contribution is 0.0955. The molecule has 24 heavy (non-hydrogen) atoms. The molecule has 1 aliphatic rings. The van der Waals surface area contributed by atoms with Crippen LogP contribution >= 0.6 is 0 Å². The zero-order valence-electron chi connectivity index (χ0n) is 14.6. The minimum Gasteiger partial charge on any atom is -0.352 e. The summed E-state index contributed by atoms with van der Waals surface area (Å²) in [6.07, 6.45) is 3.54. The van der Waals surface area contributed by atoms with E-state index in [-0.39, 0.29) is 11.3 Å². The highest BCUT2D eigenvalue weighted by Crippen LogP contribution is 2.27. The van der Waals surface area contributed by atoms with Gasteiger partial charge in [-0.05, 0) is 19.1 Å². The van der Waals surface area contributed by atoms with Crippen molar-refractivity contribution in [3.8, 4) is 0 Å². The van der Waals surface area contributed by atoms with Crippen LogP contribution in [-0.4, -0.2) is 27.4 Å². The molecule has 0 unspecified atom stereocenters. The highest BCUT2D eigenvalue weighted by atomic mass is 16.1. The van der Waals surface area contributed by atoms with E-state index in [0.29, 0.717) is 18.7 Å². The molecule has 126 valence electrons. The molecule has 0 saturated heterocycles. The van der Waals surface area contributed by atoms with E-state index in [9.17, 15) is 4.79 Å². The summed E-state index contributed by atoms with van der Waals surface area (Å²) in [5, 5.41) is 2.77. The third kappa shape index (κ3) is 3.22. The summed E-state index contributed by atoms with van der Waals surface area (Å²) in [5.41, 5.74) is 2.71. The average Bonchev–Trinajstić information content (AvgIpc) is 2.97. The number of hydrogen-bond donors (Lipinski definition) is 1. The van der Waals surface area contributed by atoms with E-state index in [1.54, 1.807) is 6.20 Å². The van der Waals surface area contributed by atoms with E-state index in [2.05, 4.69) is 41.0 Å². The van der Waals surface area contributed by atoms with Gasteiger partial charge in [-0.2, -0.15) is 0 Å². The summed E-state index contributed by atoms with van der Waals surface area (Å²) in [4.78, 5) is 27.6. The smallest absolute Gasteiger partial charge is 0.252 e. The van der Waals surface area contributed by atoms with Crippen LogP contribution in [0.25, 0.3) is 0 Å². The van der Waals surface area contributed by atoms with Crippen molar-refractivity contribution < 1.29 is 4.79 Å². The fraction of sp³-hybridized carbons (Fsp3) is 0.444. The third-order valence-corrected chi connectivity index (χ3v) is 4.00. The molecule has 0 spiro atoms. The normalized spacial score (nSPS) is 13.8. The van der Waals surface area contributed by atoms with Gasteiger partial charge in [0, 0.05) is 36.5 Å². The van der Waals surface area contributed by atoms with Gasteiger partial charge in [0.25, 0.3) is 5.91 Å². The van der Waals surface area contributed by atoms with Gasteiger partial charge in [0.15, 0.2) is 0 Å². The number of pyridine rings is 1. The molecular formula is C18H23N5O. The number of amides is 1. The molecule has 2 aromatic rings. The molecular weight excluding hydrogens is 302 g/mol. The second kappa shape index (κ2) is 6.19. The van der Waals surface area contributed by atoms with Crippen LogP contribution in [0.15, 0.2) is 24.5 Å². The van der Waals surface area contributed by atoms with Gasteiger partial charge in [-0.3, -0.25) is 4.79 Å². The fourth-order valence-electron chi connectivity index (χ4n) is 2.65. The van der Waals surface area contributed by atoms with Crippen LogP contribution in [-0.2, 0) is 18.5 Å². The number of carbonyl (C=O) groups is 1. The second-order valence-corrected chi connectivity index (χ2v) is 7.04. The molecule has 0 radical (unpaired) electrons. The number of aromatic nitrogens is 3. The zero-order valence-corrected chi connectivity index (χ0v) is 14.6. The van der Waals surface area contributed by atoms with E-state index in [4.69, 9.17) is 4.98 Å². The summed E-state index contributed by atoms with van der Waals surface area (Å²) < 4.78 is 0. The molecule has 1 aliphatic heterocycles. The Morgan fingerprint density at radius 1 is 1.21 bits per heavy atom. The molecule has 0 aromatic carbocycles. The van der Waals surface area contributed by atoms with Crippen molar-refractivity contribution in [3.05, 3.63) is 47.2 Å². The first-order valence-corrected chi connectivity index (χ1v) is 8.23. The standard InChI is InChI=1S/C18H23N5O/c1-5-19-16(24)12-6-7-15(20-8-12)23-10-13-9-21-17(18(2,3)4)22-14(13)11-23/h6-9H,5,10-11H2,1-4H3,(H,19,24). The summed E-state index contributed by atoms with van der Waals surface area (Å²) in [6, 6.07) is 3.69. The van der Waals surface area contributed by atoms with E-state index in [1.807, 2.05) is 25.3 Å². The van der Waals surface area contributed by atoms with Crippen molar-refractivity contribution >= 4 is 11.7 Å². The maximum absolute atomic E-state index is 11.8. The Kier molecular flexibility index (Phi) is 4.22. The van der Waals surface area contributed by atoms with Crippen LogP contribution in [0.5, 0.6) is 0 Å². The van der Waals surface area contributed by atoms with Crippen molar-refractivity contribution in [1.82, 2.24) is 20.3 Å². The average molecular weight is 325 g/mol. The van der Waals surface area contributed by atoms with Crippen LogP contribution in [0.3, 0.4) is 0 Å². The number of hydrogen-bond acceptors (Lipinski definition) is 5. The van der Waals surface area contributed by atoms with Gasteiger partial charge in [-0.25, -0.2) is 15.0 Å². The third-order valence-electron chi connectivity index (χ3n) is 4.00. The Labute approximate surface area is 142 Å². The molecule has 3 heterocycles. The lowest BCUT2D eigenvalue weighted by atomic mass is 9.95. The Balaban J connectivity index is 1.77. The number of rotatable bonds is 3. The molecule has 0 atom stereocenters. The first kappa shape index (κ1) is 16.4. The number of anilines is 1. The number of nitrogens with zero attached hydrogens (tertiary/aromatic N) is 4. The van der Waals surface area contributed by atoms with Crippen LogP contribution in [0.1, 0.15) is 55.1 Å². The molecule has 0 bridgehead atoms. The summed E-state index contributed by atoms with van der Waals surface area (Å²) in [5.74, 6) is 1.61. The predicted molar refractivity (Wildman–Crippen MR) is 92.9 cm³/mol. The first-order valence-electron chi connectivity index (χ1n) is 8.23. The van der Waals surface area contributed by atoms with Gasteiger partial charge < -0.3 is 10.2 Å². The van der Waals surface area contributed by atoms with Crippen molar-refractivity contribution in [2.45, 2.75) is 46.2 Å². The Morgan fingerprint density at radius 2 is 2.00 bits per heavy atom. The monoisotopic (exact) mass is 325 g/mol. The molecule has 6 heteroatoms. The van der Waals surface area contributed by atoms with Gasteiger partial charge in [-0.15, -0.1) is 0 Å². The number of nitrogens with one attached hydrogen (secondary N) is 1. The molecule has 0 saturated carbocycles. The number of carbonyl (C=O) groups excluding carboxylic acids is 1. The lowest BCUT2D eigenvalue weighted by Crippen LogP contribution is -2.23. The van der Waals surface area contributed by atoms with Crippen LogP contribution in [0.4, 0.5) is 5.82 Å². The van der Waals surface area contributed by atoms with Crippen molar-refractivity contribution in [3.63, 3.8) is 0 Å². The van der Waals surface area contributed by atoms with Crippen molar-refractivity contribution in [2.75, 3.05) is 11.4 Å². The van der Waals surface area contributed by atoms with E-state index in [0.717, 1.165) is 29.4 Å². The van der Waals surface area contributed by atoms with E-state index >= 15 is 0 Å². The summed E-state index contributed by atoms with van der Waals surface area (Å²) >= 11 is 0. The van der Waals surface area contributed by atoms with Gasteiger partial charge in [0.2, 0.25) is 0 Å². The molecule has 0 aliphatic carbocycles. The quantitative estimate of drug-likeness (QED) is 0.938. The highest BCUT2D eigenvalue weighted by Gasteiger charge is 2.25. The molecule has 6 nitrogen and oxygen atoms in total. The van der Waals surface area contributed by atoms with E-state index in [1.165, 1.54) is 0 Å². The summed E-state index contributed by atoms with van der Waals surface area (Å²) in [7, 11) is 0. The minimum atomic E-state index is -0.0954. The lowest BCUT2D eigenvalue weighted by Gasteiger charge is -2.17. The van der Waals surface area contributed by atoms with Crippen LogP contribution in [0, 0.1) is 0 Å². The number of fused-ring (bicyclic) bond motifs is 1. The van der Waals surface area contributed by atoms with Crippen LogP contribution in [0.2, 0.25) is 0 Å². The Hall–Kier alpha value is -2.50. The Bertz CT molecular complexity index is 749. The topological polar surface area (TPSA) is 71.0 Å². The van der Waals surface area contributed by atoms with Gasteiger partial charge in [-0.1, -0.05) is 20.8 Å². The molecule has 3 rings (SSSR count). The molecule has 1 N–H and O–H groups in total. The fourth-order valence-corrected chi connectivity index (χ4v) is 2.65. The maximum Gasteiger partial charge on any atom is 0.252 e. The largest absolute Gasteiger partial charge is 0.352 e. The molecule has 1 amide bonds. The second-order valence-electron chi connectivity index (χ2n) is 7.04. The highest BCUT2D eigenvalue weighted by molar-refractivity contribution is 5.94. The minimum absolute atomic E-state index is 0.0605. The van der Waals surface area contributed by atoms with Crippen molar-refractivity contribution in [1.29, 1.82) is 0 Å². The summed E-state index contributed by atoms with van der Waals surface area (Å²) in [6.45, 7) is 10.3. The van der Waals surface area contributed by atoms with Gasteiger partial charge in [0.1, 0.15) is 11.6 Å².